The first kappa shape index (κ1) is 24.8. The number of furan rings is 1. The summed E-state index contributed by atoms with van der Waals surface area (Å²) in [4.78, 5) is 15.8. The summed E-state index contributed by atoms with van der Waals surface area (Å²) in [6.45, 7) is 3.51. The molecule has 0 aliphatic heterocycles. The van der Waals surface area contributed by atoms with Crippen molar-refractivity contribution in [3.05, 3.63) is 47.4 Å². The van der Waals surface area contributed by atoms with Crippen LogP contribution in [0.1, 0.15) is 54.5 Å². The number of methoxy groups -OCH3 is 1. The van der Waals surface area contributed by atoms with Crippen molar-refractivity contribution in [2.45, 2.75) is 51.8 Å². The van der Waals surface area contributed by atoms with Gasteiger partial charge in [-0.05, 0) is 50.8 Å². The molecule has 0 saturated heterocycles. The summed E-state index contributed by atoms with van der Waals surface area (Å²) in [6, 6.07) is 9.14. The summed E-state index contributed by atoms with van der Waals surface area (Å²) in [5.74, 6) is 2.27. The second-order valence-electron chi connectivity index (χ2n) is 7.15. The molecule has 1 aromatic carbocycles. The number of hydrogen-bond donors (Lipinski definition) is 3. The molecule has 0 atom stereocenters. The molecule has 1 aliphatic carbocycles. The maximum Gasteiger partial charge on any atom is 0.284 e. The lowest BCUT2D eigenvalue weighted by Crippen LogP contribution is -2.36. The number of nitrogens with one attached hydrogen (secondary N) is 2. The van der Waals surface area contributed by atoms with E-state index in [0.29, 0.717) is 31.4 Å². The SMILES string of the molecule is CCNC(=NCc1cccc(OC)c1OC1CCCC1)NCc1ccc(C(N)=O)o1.I. The number of carbonyl (C=O) groups excluding carboxylic acids is 1. The number of primary amides is 1. The number of benzene rings is 1. The van der Waals surface area contributed by atoms with Crippen LogP contribution in [0.2, 0.25) is 0 Å². The lowest BCUT2D eigenvalue weighted by molar-refractivity contribution is 0.0972. The minimum Gasteiger partial charge on any atom is -0.493 e. The third-order valence-electron chi connectivity index (χ3n) is 4.95. The molecule has 2 aromatic rings. The van der Waals surface area contributed by atoms with Gasteiger partial charge < -0.3 is 30.3 Å². The van der Waals surface area contributed by atoms with Crippen molar-refractivity contribution >= 4 is 35.8 Å². The predicted molar refractivity (Wildman–Crippen MR) is 130 cm³/mol. The van der Waals surface area contributed by atoms with E-state index in [-0.39, 0.29) is 35.8 Å². The molecule has 4 N–H and O–H groups in total. The van der Waals surface area contributed by atoms with Gasteiger partial charge >= 0.3 is 0 Å². The fourth-order valence-corrected chi connectivity index (χ4v) is 3.44. The van der Waals surface area contributed by atoms with E-state index < -0.39 is 5.91 Å². The fraction of sp³-hybridized carbons (Fsp3) is 0.455. The number of nitrogens with zero attached hydrogens (tertiary/aromatic N) is 1. The van der Waals surface area contributed by atoms with Gasteiger partial charge in [-0.15, -0.1) is 24.0 Å². The average molecular weight is 542 g/mol. The molecule has 31 heavy (non-hydrogen) atoms. The molecule has 0 spiro atoms. The van der Waals surface area contributed by atoms with E-state index in [0.717, 1.165) is 29.9 Å². The van der Waals surface area contributed by atoms with Crippen LogP contribution in [0.3, 0.4) is 0 Å². The summed E-state index contributed by atoms with van der Waals surface area (Å²) in [5, 5.41) is 6.41. The topological polar surface area (TPSA) is 111 Å². The Morgan fingerprint density at radius 3 is 2.65 bits per heavy atom. The molecule has 1 heterocycles. The zero-order valence-electron chi connectivity index (χ0n) is 18.0. The highest BCUT2D eigenvalue weighted by atomic mass is 127. The van der Waals surface area contributed by atoms with Gasteiger partial charge in [0.05, 0.1) is 26.3 Å². The summed E-state index contributed by atoms with van der Waals surface area (Å²) in [5.41, 5.74) is 6.19. The molecule has 0 radical (unpaired) electrons. The number of ether oxygens (including phenoxy) is 2. The third-order valence-corrected chi connectivity index (χ3v) is 4.95. The Labute approximate surface area is 200 Å². The molecule has 8 nitrogen and oxygen atoms in total. The standard InChI is InChI=1S/C22H30N4O4.HI/c1-3-24-22(26-14-17-11-12-19(29-17)21(23)27)25-13-15-7-6-10-18(28-2)20(15)30-16-8-4-5-9-16;/h6-7,10-12,16H,3-5,8-9,13-14H2,1-2H3,(H2,23,27)(H2,24,25,26);1H. The second-order valence-corrected chi connectivity index (χ2v) is 7.15. The van der Waals surface area contributed by atoms with Gasteiger partial charge in [0.2, 0.25) is 0 Å². The molecule has 1 fully saturated rings. The first-order chi connectivity index (χ1) is 14.6. The van der Waals surface area contributed by atoms with E-state index in [1.807, 2.05) is 25.1 Å². The molecule has 1 aliphatic rings. The van der Waals surface area contributed by atoms with E-state index >= 15 is 0 Å². The van der Waals surface area contributed by atoms with Crippen molar-refractivity contribution < 1.29 is 18.7 Å². The number of nitrogens with two attached hydrogens (primary N) is 1. The molecule has 1 amide bonds. The number of para-hydroxylation sites is 1. The Balaban J connectivity index is 0.00000341. The van der Waals surface area contributed by atoms with Gasteiger partial charge in [0.25, 0.3) is 5.91 Å². The van der Waals surface area contributed by atoms with Crippen LogP contribution in [0.25, 0.3) is 0 Å². The van der Waals surface area contributed by atoms with Crippen LogP contribution in [0.4, 0.5) is 0 Å². The van der Waals surface area contributed by atoms with Crippen LogP contribution in [0, 0.1) is 0 Å². The normalized spacial score (nSPS) is 14.1. The van der Waals surface area contributed by atoms with E-state index in [9.17, 15) is 4.79 Å². The van der Waals surface area contributed by atoms with Gasteiger partial charge in [0, 0.05) is 12.1 Å². The van der Waals surface area contributed by atoms with Crippen molar-refractivity contribution in [1.82, 2.24) is 10.6 Å². The number of aliphatic imine (C=N–C) groups is 1. The molecule has 3 rings (SSSR count). The van der Waals surface area contributed by atoms with Crippen molar-refractivity contribution in [3.8, 4) is 11.5 Å². The predicted octanol–water partition coefficient (Wildman–Crippen LogP) is 3.58. The smallest absolute Gasteiger partial charge is 0.284 e. The van der Waals surface area contributed by atoms with Crippen LogP contribution in [-0.2, 0) is 13.1 Å². The van der Waals surface area contributed by atoms with Gasteiger partial charge in [-0.1, -0.05) is 12.1 Å². The first-order valence-electron chi connectivity index (χ1n) is 10.3. The molecule has 0 unspecified atom stereocenters. The molecule has 1 aromatic heterocycles. The third kappa shape index (κ3) is 7.05. The summed E-state index contributed by atoms with van der Waals surface area (Å²) < 4.78 is 17.2. The molecule has 9 heteroatoms. The zero-order valence-corrected chi connectivity index (χ0v) is 20.3. The van der Waals surface area contributed by atoms with Crippen molar-refractivity contribution in [1.29, 1.82) is 0 Å². The van der Waals surface area contributed by atoms with Gasteiger partial charge in [0.1, 0.15) is 5.76 Å². The molecule has 0 bridgehead atoms. The van der Waals surface area contributed by atoms with E-state index in [1.165, 1.54) is 12.8 Å². The minimum atomic E-state index is -0.588. The number of amides is 1. The Kier molecular flexibility index (Phi) is 9.96. The summed E-state index contributed by atoms with van der Waals surface area (Å²) in [6.07, 6.45) is 4.77. The maximum absolute atomic E-state index is 11.2. The fourth-order valence-electron chi connectivity index (χ4n) is 3.44. The van der Waals surface area contributed by atoms with Crippen LogP contribution in [0.15, 0.2) is 39.7 Å². The van der Waals surface area contributed by atoms with E-state index in [2.05, 4.69) is 15.6 Å². The van der Waals surface area contributed by atoms with E-state index in [4.69, 9.17) is 19.6 Å². The van der Waals surface area contributed by atoms with Crippen molar-refractivity contribution in [2.75, 3.05) is 13.7 Å². The molecular formula is C22H31IN4O4. The van der Waals surface area contributed by atoms with Gasteiger partial charge in [-0.2, -0.15) is 0 Å². The summed E-state index contributed by atoms with van der Waals surface area (Å²) in [7, 11) is 1.65. The number of guanidine groups is 1. The van der Waals surface area contributed by atoms with Crippen molar-refractivity contribution in [2.24, 2.45) is 10.7 Å². The average Bonchev–Trinajstić information content (AvgIpc) is 3.43. The highest BCUT2D eigenvalue weighted by Crippen LogP contribution is 2.35. The van der Waals surface area contributed by atoms with Gasteiger partial charge in [-0.25, -0.2) is 4.99 Å². The number of hydrogen-bond acceptors (Lipinski definition) is 5. The Hall–Kier alpha value is -2.43. The molecular weight excluding hydrogens is 511 g/mol. The lowest BCUT2D eigenvalue weighted by atomic mass is 10.1. The Bertz CT molecular complexity index is 878. The quantitative estimate of drug-likeness (QED) is 0.254. The van der Waals surface area contributed by atoms with Crippen LogP contribution in [-0.4, -0.2) is 31.6 Å². The molecule has 170 valence electrons. The van der Waals surface area contributed by atoms with E-state index in [1.54, 1.807) is 19.2 Å². The van der Waals surface area contributed by atoms with Crippen LogP contribution < -0.4 is 25.8 Å². The Morgan fingerprint density at radius 2 is 2.00 bits per heavy atom. The van der Waals surface area contributed by atoms with Gasteiger partial charge in [0.15, 0.2) is 23.2 Å². The largest absolute Gasteiger partial charge is 0.493 e. The lowest BCUT2D eigenvalue weighted by Gasteiger charge is -2.19. The number of carbonyl (C=O) groups is 1. The highest BCUT2D eigenvalue weighted by molar-refractivity contribution is 14.0. The number of rotatable bonds is 9. The van der Waals surface area contributed by atoms with Crippen LogP contribution >= 0.6 is 24.0 Å². The van der Waals surface area contributed by atoms with Crippen LogP contribution in [0.5, 0.6) is 11.5 Å². The number of halogens is 1. The molecule has 1 saturated carbocycles. The zero-order chi connectivity index (χ0) is 21.3. The monoisotopic (exact) mass is 542 g/mol. The maximum atomic E-state index is 11.2. The van der Waals surface area contributed by atoms with Gasteiger partial charge in [-0.3, -0.25) is 4.79 Å². The van der Waals surface area contributed by atoms with Crippen molar-refractivity contribution in [3.63, 3.8) is 0 Å². The minimum absolute atomic E-state index is 0. The summed E-state index contributed by atoms with van der Waals surface area (Å²) >= 11 is 0. The first-order valence-corrected chi connectivity index (χ1v) is 10.3. The highest BCUT2D eigenvalue weighted by Gasteiger charge is 2.20. The Morgan fingerprint density at radius 1 is 1.23 bits per heavy atom. The second kappa shape index (κ2) is 12.4.